The van der Waals surface area contributed by atoms with Gasteiger partial charge in [-0.2, -0.15) is 0 Å². The van der Waals surface area contributed by atoms with Crippen molar-refractivity contribution >= 4 is 11.7 Å². The minimum atomic E-state index is -0.733. The summed E-state index contributed by atoms with van der Waals surface area (Å²) in [5, 5.41) is 9.13. The van der Waals surface area contributed by atoms with Gasteiger partial charge < -0.3 is 10.0 Å². The Kier molecular flexibility index (Phi) is 4.76. The van der Waals surface area contributed by atoms with Crippen molar-refractivity contribution < 1.29 is 9.90 Å². The summed E-state index contributed by atoms with van der Waals surface area (Å²) < 4.78 is 0. The first-order valence-electron chi connectivity index (χ1n) is 6.42. The largest absolute Gasteiger partial charge is 0.481 e. The normalized spacial score (nSPS) is 11.3. The molecule has 0 unspecified atom stereocenters. The van der Waals surface area contributed by atoms with Gasteiger partial charge in [0.2, 0.25) is 0 Å². The van der Waals surface area contributed by atoms with Crippen molar-refractivity contribution in [2.24, 2.45) is 5.41 Å². The highest BCUT2D eigenvalue weighted by atomic mass is 16.4. The lowest BCUT2D eigenvalue weighted by Crippen LogP contribution is -2.32. The third-order valence-electron chi connectivity index (χ3n) is 3.42. The van der Waals surface area contributed by atoms with Crippen molar-refractivity contribution in [3.8, 4) is 0 Å². The van der Waals surface area contributed by atoms with Crippen molar-refractivity contribution in [1.82, 2.24) is 0 Å². The Morgan fingerprint density at radius 3 is 2.44 bits per heavy atom. The van der Waals surface area contributed by atoms with Gasteiger partial charge in [-0.15, -0.1) is 0 Å². The molecular weight excluding hydrogens is 226 g/mol. The molecule has 0 atom stereocenters. The molecule has 0 bridgehead atoms. The number of anilines is 1. The molecule has 0 amide bonds. The topological polar surface area (TPSA) is 40.5 Å². The molecule has 0 aliphatic heterocycles. The number of nitrogens with zero attached hydrogens (tertiary/aromatic N) is 1. The zero-order valence-electron chi connectivity index (χ0n) is 11.7. The average molecular weight is 249 g/mol. The molecule has 0 radical (unpaired) electrons. The van der Waals surface area contributed by atoms with Gasteiger partial charge in [0.05, 0.1) is 5.41 Å². The predicted octanol–water partition coefficient (Wildman–Crippen LogP) is 3.32. The Hall–Kier alpha value is -1.51. The molecule has 1 aromatic rings. The van der Waals surface area contributed by atoms with Gasteiger partial charge in [-0.05, 0) is 45.7 Å². The Bertz CT molecular complexity index is 413. The monoisotopic (exact) mass is 249 g/mol. The van der Waals surface area contributed by atoms with Gasteiger partial charge in [0.25, 0.3) is 0 Å². The van der Waals surface area contributed by atoms with Crippen LogP contribution in [0.4, 0.5) is 5.69 Å². The van der Waals surface area contributed by atoms with Crippen molar-refractivity contribution in [2.75, 3.05) is 18.0 Å². The molecule has 0 aromatic heterocycles. The smallest absolute Gasteiger partial charge is 0.309 e. The summed E-state index contributed by atoms with van der Waals surface area (Å²) in [6, 6.07) is 8.22. The fourth-order valence-corrected chi connectivity index (χ4v) is 1.89. The van der Waals surface area contributed by atoms with Crippen LogP contribution in [0.1, 0.15) is 32.8 Å². The SMILES string of the molecule is CCN(CCC(C)(C)C(=O)O)c1ccccc1C. The molecule has 1 rings (SSSR count). The molecule has 0 heterocycles. The van der Waals surface area contributed by atoms with Gasteiger partial charge in [0, 0.05) is 18.8 Å². The van der Waals surface area contributed by atoms with Crippen LogP contribution in [0, 0.1) is 12.3 Å². The maximum absolute atomic E-state index is 11.1. The van der Waals surface area contributed by atoms with Crippen LogP contribution >= 0.6 is 0 Å². The van der Waals surface area contributed by atoms with Gasteiger partial charge in [-0.25, -0.2) is 0 Å². The van der Waals surface area contributed by atoms with Crippen LogP contribution in [0.3, 0.4) is 0 Å². The van der Waals surface area contributed by atoms with Gasteiger partial charge >= 0.3 is 5.97 Å². The van der Waals surface area contributed by atoms with Crippen LogP contribution in [0.15, 0.2) is 24.3 Å². The predicted molar refractivity (Wildman–Crippen MR) is 75.1 cm³/mol. The summed E-state index contributed by atoms with van der Waals surface area (Å²) in [6.07, 6.45) is 0.643. The van der Waals surface area contributed by atoms with E-state index in [0.29, 0.717) is 6.42 Å². The number of rotatable bonds is 6. The maximum atomic E-state index is 11.1. The Labute approximate surface area is 109 Å². The van der Waals surface area contributed by atoms with Crippen LogP contribution in [0.25, 0.3) is 0 Å². The van der Waals surface area contributed by atoms with Crippen LogP contribution in [0.5, 0.6) is 0 Å². The number of aryl methyl sites for hydroxylation is 1. The molecule has 0 saturated heterocycles. The maximum Gasteiger partial charge on any atom is 0.309 e. The quantitative estimate of drug-likeness (QED) is 0.840. The third-order valence-corrected chi connectivity index (χ3v) is 3.42. The van der Waals surface area contributed by atoms with E-state index in [1.54, 1.807) is 13.8 Å². The lowest BCUT2D eigenvalue weighted by molar-refractivity contribution is -0.147. The van der Waals surface area contributed by atoms with E-state index in [0.717, 1.165) is 13.1 Å². The van der Waals surface area contributed by atoms with Crippen molar-refractivity contribution in [2.45, 2.75) is 34.1 Å². The molecular formula is C15H23NO2. The van der Waals surface area contributed by atoms with E-state index < -0.39 is 11.4 Å². The number of carbonyl (C=O) groups is 1. The first-order chi connectivity index (χ1) is 8.38. The second-order valence-corrected chi connectivity index (χ2v) is 5.31. The van der Waals surface area contributed by atoms with Crippen LogP contribution in [-0.2, 0) is 4.79 Å². The van der Waals surface area contributed by atoms with Gasteiger partial charge in [-0.1, -0.05) is 18.2 Å². The third kappa shape index (κ3) is 3.49. The second kappa shape index (κ2) is 5.89. The zero-order chi connectivity index (χ0) is 13.8. The highest BCUT2D eigenvalue weighted by molar-refractivity contribution is 5.73. The summed E-state index contributed by atoms with van der Waals surface area (Å²) in [5.74, 6) is -0.733. The van der Waals surface area contributed by atoms with E-state index in [2.05, 4.69) is 30.9 Å². The summed E-state index contributed by atoms with van der Waals surface area (Å²) in [4.78, 5) is 13.3. The standard InChI is InChI=1S/C15H23NO2/c1-5-16(11-10-15(3,4)14(17)18)13-9-7-6-8-12(13)2/h6-9H,5,10-11H2,1-4H3,(H,17,18). The number of para-hydroxylation sites is 1. The summed E-state index contributed by atoms with van der Waals surface area (Å²) in [7, 11) is 0. The molecule has 0 fully saturated rings. The fraction of sp³-hybridized carbons (Fsp3) is 0.533. The summed E-state index contributed by atoms with van der Waals surface area (Å²) >= 11 is 0. The van der Waals surface area contributed by atoms with Crippen molar-refractivity contribution in [3.05, 3.63) is 29.8 Å². The molecule has 0 saturated carbocycles. The van der Waals surface area contributed by atoms with E-state index in [1.807, 2.05) is 12.1 Å². The van der Waals surface area contributed by atoms with Gasteiger partial charge in [0.15, 0.2) is 0 Å². The van der Waals surface area contributed by atoms with Crippen LogP contribution in [-0.4, -0.2) is 24.2 Å². The molecule has 0 aliphatic rings. The molecule has 3 nitrogen and oxygen atoms in total. The Balaban J connectivity index is 2.75. The number of carboxylic acid groups (broad SMARTS) is 1. The van der Waals surface area contributed by atoms with E-state index in [9.17, 15) is 4.79 Å². The molecule has 1 aromatic carbocycles. The minimum Gasteiger partial charge on any atom is -0.481 e. The van der Waals surface area contributed by atoms with Gasteiger partial charge in [0.1, 0.15) is 0 Å². The number of hydrogen-bond acceptors (Lipinski definition) is 2. The average Bonchev–Trinajstić information content (AvgIpc) is 2.31. The molecule has 0 aliphatic carbocycles. The lowest BCUT2D eigenvalue weighted by atomic mass is 9.89. The molecule has 1 N–H and O–H groups in total. The highest BCUT2D eigenvalue weighted by Crippen LogP contribution is 2.24. The molecule has 18 heavy (non-hydrogen) atoms. The second-order valence-electron chi connectivity index (χ2n) is 5.31. The zero-order valence-corrected chi connectivity index (χ0v) is 11.7. The number of aliphatic carboxylic acids is 1. The first kappa shape index (κ1) is 14.6. The fourth-order valence-electron chi connectivity index (χ4n) is 1.89. The van der Waals surface area contributed by atoms with Crippen molar-refractivity contribution in [1.29, 1.82) is 0 Å². The van der Waals surface area contributed by atoms with Gasteiger partial charge in [-0.3, -0.25) is 4.79 Å². The first-order valence-corrected chi connectivity index (χ1v) is 6.42. The van der Waals surface area contributed by atoms with Crippen molar-refractivity contribution in [3.63, 3.8) is 0 Å². The van der Waals surface area contributed by atoms with E-state index in [1.165, 1.54) is 11.3 Å². The summed E-state index contributed by atoms with van der Waals surface area (Å²) in [5.41, 5.74) is 1.75. The minimum absolute atomic E-state index is 0.643. The number of carboxylic acids is 1. The molecule has 3 heteroatoms. The number of hydrogen-bond donors (Lipinski definition) is 1. The lowest BCUT2D eigenvalue weighted by Gasteiger charge is -2.28. The molecule has 100 valence electrons. The summed E-state index contributed by atoms with van der Waals surface area (Å²) in [6.45, 7) is 9.39. The van der Waals surface area contributed by atoms with E-state index in [4.69, 9.17) is 5.11 Å². The number of benzene rings is 1. The Morgan fingerprint density at radius 1 is 1.33 bits per heavy atom. The van der Waals surface area contributed by atoms with Crippen LogP contribution < -0.4 is 4.90 Å². The van der Waals surface area contributed by atoms with E-state index in [-0.39, 0.29) is 0 Å². The molecule has 0 spiro atoms. The van der Waals surface area contributed by atoms with E-state index >= 15 is 0 Å². The van der Waals surface area contributed by atoms with Crippen LogP contribution in [0.2, 0.25) is 0 Å². The Morgan fingerprint density at radius 2 is 1.94 bits per heavy atom. The highest BCUT2D eigenvalue weighted by Gasteiger charge is 2.27.